The van der Waals surface area contributed by atoms with Gasteiger partial charge >= 0.3 is 0 Å². The SMILES string of the molecule is COc1ccc([C@@H]2C3=C(Nc4ncnn42)c2cc(Cl)ccc2O[C@H]3c2ccccc2)cc1OC. The molecule has 0 unspecified atom stereocenters. The topological polar surface area (TPSA) is 70.4 Å². The lowest BCUT2D eigenvalue weighted by Gasteiger charge is -2.39. The van der Waals surface area contributed by atoms with Crippen molar-refractivity contribution >= 4 is 23.2 Å². The Balaban J connectivity index is 1.63. The van der Waals surface area contributed by atoms with Crippen LogP contribution < -0.4 is 19.5 Å². The number of ether oxygens (including phenoxy) is 3. The number of fused-ring (bicyclic) bond motifs is 3. The summed E-state index contributed by atoms with van der Waals surface area (Å²) in [5, 5.41) is 8.68. The second-order valence-electron chi connectivity index (χ2n) is 8.05. The van der Waals surface area contributed by atoms with Crippen LogP contribution in [0.25, 0.3) is 5.70 Å². The number of benzene rings is 3. The van der Waals surface area contributed by atoms with Gasteiger partial charge in [0, 0.05) is 16.2 Å². The summed E-state index contributed by atoms with van der Waals surface area (Å²) >= 11 is 6.40. The van der Waals surface area contributed by atoms with Crippen molar-refractivity contribution in [2.45, 2.75) is 12.1 Å². The number of nitrogens with zero attached hydrogens (tertiary/aromatic N) is 3. The van der Waals surface area contributed by atoms with E-state index in [1.807, 2.05) is 59.3 Å². The fourth-order valence-electron chi connectivity index (χ4n) is 4.69. The van der Waals surface area contributed by atoms with Crippen LogP contribution in [0.15, 0.2) is 78.6 Å². The number of methoxy groups -OCH3 is 2. The third-order valence-electron chi connectivity index (χ3n) is 6.20. The molecule has 0 amide bonds. The van der Waals surface area contributed by atoms with Crippen molar-refractivity contribution in [2.24, 2.45) is 0 Å². The molecule has 0 saturated heterocycles. The predicted octanol–water partition coefficient (Wildman–Crippen LogP) is 5.51. The van der Waals surface area contributed by atoms with Gasteiger partial charge in [0.15, 0.2) is 11.5 Å². The quantitative estimate of drug-likeness (QED) is 0.422. The van der Waals surface area contributed by atoms with Crippen molar-refractivity contribution in [3.05, 3.63) is 100 Å². The van der Waals surface area contributed by atoms with Gasteiger partial charge in [-0.1, -0.05) is 48.0 Å². The lowest BCUT2D eigenvalue weighted by atomic mass is 9.84. The molecule has 1 aromatic heterocycles. The van der Waals surface area contributed by atoms with Gasteiger partial charge in [0.25, 0.3) is 0 Å². The van der Waals surface area contributed by atoms with Crippen molar-refractivity contribution in [3.8, 4) is 17.2 Å². The first-order valence-corrected chi connectivity index (χ1v) is 11.2. The van der Waals surface area contributed by atoms with Crippen molar-refractivity contribution in [1.82, 2.24) is 14.8 Å². The van der Waals surface area contributed by atoms with Crippen LogP contribution in [0.5, 0.6) is 17.2 Å². The molecule has 7 nitrogen and oxygen atoms in total. The molecule has 2 aliphatic heterocycles. The van der Waals surface area contributed by atoms with Crippen LogP contribution in [0, 0.1) is 0 Å². The number of halogens is 1. The zero-order valence-electron chi connectivity index (χ0n) is 18.5. The molecular formula is C26H21ClN4O3. The Bertz CT molecular complexity index is 1420. The lowest BCUT2D eigenvalue weighted by molar-refractivity contribution is 0.223. The van der Waals surface area contributed by atoms with E-state index in [0.29, 0.717) is 22.5 Å². The third-order valence-corrected chi connectivity index (χ3v) is 6.44. The summed E-state index contributed by atoms with van der Waals surface area (Å²) in [4.78, 5) is 4.47. The minimum absolute atomic E-state index is 0.300. The van der Waals surface area contributed by atoms with Crippen LogP contribution in [0.4, 0.5) is 5.95 Å². The Morgan fingerprint density at radius 3 is 2.56 bits per heavy atom. The van der Waals surface area contributed by atoms with E-state index in [-0.39, 0.29) is 12.1 Å². The molecule has 0 radical (unpaired) electrons. The van der Waals surface area contributed by atoms with Crippen LogP contribution >= 0.6 is 11.6 Å². The highest BCUT2D eigenvalue weighted by molar-refractivity contribution is 6.30. The summed E-state index contributed by atoms with van der Waals surface area (Å²) < 4.78 is 19.6. The second-order valence-corrected chi connectivity index (χ2v) is 8.49. The van der Waals surface area contributed by atoms with Gasteiger partial charge in [-0.25, -0.2) is 4.68 Å². The first-order chi connectivity index (χ1) is 16.7. The maximum Gasteiger partial charge on any atom is 0.226 e. The molecule has 2 atom stereocenters. The monoisotopic (exact) mass is 472 g/mol. The van der Waals surface area contributed by atoms with Gasteiger partial charge in [-0.3, -0.25) is 0 Å². The van der Waals surface area contributed by atoms with E-state index >= 15 is 0 Å². The van der Waals surface area contributed by atoms with Gasteiger partial charge in [0.1, 0.15) is 24.2 Å². The van der Waals surface area contributed by atoms with Gasteiger partial charge < -0.3 is 19.5 Å². The van der Waals surface area contributed by atoms with E-state index in [0.717, 1.165) is 33.7 Å². The van der Waals surface area contributed by atoms with Gasteiger partial charge in [-0.2, -0.15) is 10.1 Å². The highest BCUT2D eigenvalue weighted by Gasteiger charge is 2.41. The molecular weight excluding hydrogens is 452 g/mol. The molecule has 0 saturated carbocycles. The zero-order chi connectivity index (χ0) is 23.2. The Labute approximate surface area is 201 Å². The minimum Gasteiger partial charge on any atom is -0.493 e. The highest BCUT2D eigenvalue weighted by Crippen LogP contribution is 2.51. The lowest BCUT2D eigenvalue weighted by Crippen LogP contribution is -2.32. The van der Waals surface area contributed by atoms with E-state index in [9.17, 15) is 0 Å². The molecule has 0 aliphatic carbocycles. The Kier molecular flexibility index (Phi) is 4.92. The Hall–Kier alpha value is -3.97. The highest BCUT2D eigenvalue weighted by atomic mass is 35.5. The number of hydrogen-bond acceptors (Lipinski definition) is 6. The predicted molar refractivity (Wildman–Crippen MR) is 130 cm³/mol. The minimum atomic E-state index is -0.354. The van der Waals surface area contributed by atoms with Crippen LogP contribution in [-0.4, -0.2) is 29.0 Å². The van der Waals surface area contributed by atoms with E-state index in [1.165, 1.54) is 0 Å². The van der Waals surface area contributed by atoms with Gasteiger partial charge in [0.05, 0.1) is 19.9 Å². The fraction of sp³-hybridized carbons (Fsp3) is 0.154. The van der Waals surface area contributed by atoms with Crippen LogP contribution in [-0.2, 0) is 0 Å². The first kappa shape index (κ1) is 20.6. The number of aromatic nitrogens is 3. The van der Waals surface area contributed by atoms with E-state index < -0.39 is 0 Å². The normalized spacial score (nSPS) is 18.2. The molecule has 8 heteroatoms. The third kappa shape index (κ3) is 3.20. The van der Waals surface area contributed by atoms with Gasteiger partial charge in [-0.05, 0) is 41.5 Å². The molecule has 4 aromatic rings. The average Bonchev–Trinajstić information content (AvgIpc) is 3.35. The molecule has 2 aliphatic rings. The fourth-order valence-corrected chi connectivity index (χ4v) is 4.86. The molecule has 0 bridgehead atoms. The summed E-state index contributed by atoms with van der Waals surface area (Å²) in [5.41, 5.74) is 4.80. The smallest absolute Gasteiger partial charge is 0.226 e. The molecule has 6 rings (SSSR count). The van der Waals surface area contributed by atoms with Crippen LogP contribution in [0.1, 0.15) is 28.8 Å². The molecule has 0 fully saturated rings. The summed E-state index contributed by atoms with van der Waals surface area (Å²) in [5.74, 6) is 2.69. The maximum atomic E-state index is 6.61. The Morgan fingerprint density at radius 1 is 0.941 bits per heavy atom. The first-order valence-electron chi connectivity index (χ1n) is 10.8. The molecule has 3 aromatic carbocycles. The number of rotatable bonds is 4. The summed E-state index contributed by atoms with van der Waals surface area (Å²) in [6.45, 7) is 0. The second kappa shape index (κ2) is 8.11. The standard InChI is InChI=1S/C26H21ClN4O3/c1-32-20-10-8-16(12-21(20)33-2)24-22-23(30-26-28-14-29-31(24)26)18-13-17(27)9-11-19(18)34-25(22)15-6-4-3-5-7-15/h3-14,24-25H,1-2H3,(H,28,29,30)/t24-,25+/m1/s1. The van der Waals surface area contributed by atoms with Crippen molar-refractivity contribution in [2.75, 3.05) is 19.5 Å². The number of anilines is 1. The van der Waals surface area contributed by atoms with E-state index in [4.69, 9.17) is 25.8 Å². The average molecular weight is 473 g/mol. The van der Waals surface area contributed by atoms with Crippen molar-refractivity contribution < 1.29 is 14.2 Å². The van der Waals surface area contributed by atoms with Crippen LogP contribution in [0.3, 0.4) is 0 Å². The van der Waals surface area contributed by atoms with E-state index in [1.54, 1.807) is 20.5 Å². The Morgan fingerprint density at radius 2 is 1.76 bits per heavy atom. The van der Waals surface area contributed by atoms with Gasteiger partial charge in [-0.15, -0.1) is 0 Å². The number of nitrogens with one attached hydrogen (secondary N) is 1. The van der Waals surface area contributed by atoms with E-state index in [2.05, 4.69) is 27.5 Å². The summed E-state index contributed by atoms with van der Waals surface area (Å²) in [6, 6.07) is 21.4. The summed E-state index contributed by atoms with van der Waals surface area (Å²) in [6.07, 6.45) is 1.19. The number of hydrogen-bond donors (Lipinski definition) is 1. The molecule has 170 valence electrons. The zero-order valence-corrected chi connectivity index (χ0v) is 19.3. The van der Waals surface area contributed by atoms with Crippen LogP contribution in [0.2, 0.25) is 5.02 Å². The molecule has 1 N–H and O–H groups in total. The van der Waals surface area contributed by atoms with Gasteiger partial charge in [0.2, 0.25) is 5.95 Å². The molecule has 3 heterocycles. The van der Waals surface area contributed by atoms with Crippen molar-refractivity contribution in [3.63, 3.8) is 0 Å². The summed E-state index contributed by atoms with van der Waals surface area (Å²) in [7, 11) is 3.25. The molecule has 0 spiro atoms. The van der Waals surface area contributed by atoms with Crippen molar-refractivity contribution in [1.29, 1.82) is 0 Å². The molecule has 34 heavy (non-hydrogen) atoms. The maximum absolute atomic E-state index is 6.61. The largest absolute Gasteiger partial charge is 0.493 e.